The molecule has 92 valence electrons. The number of carbonyl (C=O) groups excluding carboxylic acids is 1. The molecule has 18 heavy (non-hydrogen) atoms. The number of rotatable bonds is 4. The fourth-order valence-electron chi connectivity index (χ4n) is 1.75. The van der Waals surface area contributed by atoms with E-state index in [0.29, 0.717) is 18.0 Å². The molecule has 2 rings (SSSR count). The molecular formula is C15H16N2O. The first-order valence-electron chi connectivity index (χ1n) is 6.05. The van der Waals surface area contributed by atoms with Crippen molar-refractivity contribution in [1.29, 1.82) is 0 Å². The van der Waals surface area contributed by atoms with Gasteiger partial charge in [-0.05, 0) is 23.1 Å². The molecule has 0 aliphatic rings. The number of carbonyl (C=O) groups is 1. The Kier molecular flexibility index (Phi) is 3.82. The largest absolute Gasteiger partial charge is 0.292 e. The second kappa shape index (κ2) is 5.54. The van der Waals surface area contributed by atoms with Gasteiger partial charge in [-0.3, -0.25) is 4.79 Å². The van der Waals surface area contributed by atoms with E-state index in [9.17, 15) is 4.79 Å². The second-order valence-corrected chi connectivity index (χ2v) is 4.59. The highest BCUT2D eigenvalue weighted by molar-refractivity contribution is 5.95. The molecule has 2 aromatic rings. The van der Waals surface area contributed by atoms with Gasteiger partial charge in [-0.15, -0.1) is 0 Å². The van der Waals surface area contributed by atoms with Crippen molar-refractivity contribution in [2.75, 3.05) is 0 Å². The van der Waals surface area contributed by atoms with E-state index in [-0.39, 0.29) is 5.78 Å². The summed E-state index contributed by atoms with van der Waals surface area (Å²) in [6.07, 6.45) is 3.37. The molecule has 0 aliphatic heterocycles. The van der Waals surface area contributed by atoms with Crippen molar-refractivity contribution in [3.05, 3.63) is 59.7 Å². The lowest BCUT2D eigenvalue weighted by molar-refractivity contribution is 0.0988. The highest BCUT2D eigenvalue weighted by atomic mass is 16.1. The van der Waals surface area contributed by atoms with Gasteiger partial charge in [-0.2, -0.15) is 0 Å². The third-order valence-electron chi connectivity index (χ3n) is 2.88. The highest BCUT2D eigenvalue weighted by Crippen LogP contribution is 2.15. The summed E-state index contributed by atoms with van der Waals surface area (Å²) in [6, 6.07) is 9.81. The molecule has 3 heteroatoms. The summed E-state index contributed by atoms with van der Waals surface area (Å²) in [5, 5.41) is 0. The molecule has 0 bridgehead atoms. The van der Waals surface area contributed by atoms with Crippen LogP contribution in [-0.4, -0.2) is 15.8 Å². The Balaban J connectivity index is 2.08. The molecular weight excluding hydrogens is 224 g/mol. The molecule has 0 spiro atoms. The molecule has 0 fully saturated rings. The van der Waals surface area contributed by atoms with Crippen LogP contribution in [0.15, 0.2) is 42.9 Å². The van der Waals surface area contributed by atoms with Crippen molar-refractivity contribution in [1.82, 2.24) is 9.97 Å². The van der Waals surface area contributed by atoms with Crippen LogP contribution in [0.1, 0.15) is 41.4 Å². The molecule has 0 saturated heterocycles. The van der Waals surface area contributed by atoms with E-state index in [1.807, 2.05) is 12.1 Å². The predicted molar refractivity (Wildman–Crippen MR) is 70.6 cm³/mol. The number of nitrogens with zero attached hydrogens (tertiary/aromatic N) is 2. The number of benzene rings is 1. The maximum Gasteiger partial charge on any atom is 0.185 e. The lowest BCUT2D eigenvalue weighted by atomic mass is 9.99. The van der Waals surface area contributed by atoms with Crippen LogP contribution in [0.2, 0.25) is 0 Å². The van der Waals surface area contributed by atoms with Crippen molar-refractivity contribution < 1.29 is 4.79 Å². The van der Waals surface area contributed by atoms with E-state index in [0.717, 1.165) is 5.56 Å². The summed E-state index contributed by atoms with van der Waals surface area (Å²) < 4.78 is 0. The number of hydrogen-bond donors (Lipinski definition) is 0. The van der Waals surface area contributed by atoms with E-state index in [1.54, 1.807) is 12.3 Å². The van der Waals surface area contributed by atoms with Crippen LogP contribution in [0.4, 0.5) is 0 Å². The quantitative estimate of drug-likeness (QED) is 0.771. The highest BCUT2D eigenvalue weighted by Gasteiger charge is 2.08. The fourth-order valence-corrected chi connectivity index (χ4v) is 1.75. The van der Waals surface area contributed by atoms with E-state index in [1.165, 1.54) is 11.9 Å². The zero-order valence-electron chi connectivity index (χ0n) is 10.6. The lowest BCUT2D eigenvalue weighted by Gasteiger charge is -2.06. The number of hydrogen-bond acceptors (Lipinski definition) is 3. The fraction of sp³-hybridized carbons (Fsp3) is 0.267. The maximum absolute atomic E-state index is 11.9. The van der Waals surface area contributed by atoms with Crippen LogP contribution in [-0.2, 0) is 6.42 Å². The minimum Gasteiger partial charge on any atom is -0.292 e. The average molecular weight is 240 g/mol. The molecule has 1 aromatic heterocycles. The Morgan fingerprint density at radius 2 is 1.89 bits per heavy atom. The Hall–Kier alpha value is -2.03. The van der Waals surface area contributed by atoms with E-state index >= 15 is 0 Å². The van der Waals surface area contributed by atoms with Gasteiger partial charge in [0.25, 0.3) is 0 Å². The van der Waals surface area contributed by atoms with Gasteiger partial charge in [0.1, 0.15) is 12.0 Å². The zero-order valence-corrected chi connectivity index (χ0v) is 10.6. The average Bonchev–Trinajstić information content (AvgIpc) is 2.40. The number of ketones is 1. The van der Waals surface area contributed by atoms with Crippen LogP contribution >= 0.6 is 0 Å². The van der Waals surface area contributed by atoms with Gasteiger partial charge in [0, 0.05) is 12.6 Å². The molecule has 0 N–H and O–H groups in total. The van der Waals surface area contributed by atoms with Gasteiger partial charge >= 0.3 is 0 Å². The van der Waals surface area contributed by atoms with E-state index in [4.69, 9.17) is 0 Å². The van der Waals surface area contributed by atoms with Gasteiger partial charge in [-0.25, -0.2) is 9.97 Å². The first-order valence-corrected chi connectivity index (χ1v) is 6.05. The number of Topliss-reactive ketones (excluding diaryl/α,β-unsaturated/α-hetero) is 1. The van der Waals surface area contributed by atoms with E-state index < -0.39 is 0 Å². The molecule has 1 aromatic carbocycles. The van der Waals surface area contributed by atoms with Crippen molar-refractivity contribution in [3.8, 4) is 0 Å². The summed E-state index contributed by atoms with van der Waals surface area (Å²) in [7, 11) is 0. The Bertz CT molecular complexity index is 518. The SMILES string of the molecule is CC(C)c1ccc(CC(=O)c2ccncn2)cc1. The van der Waals surface area contributed by atoms with Crippen LogP contribution in [0.25, 0.3) is 0 Å². The molecule has 0 atom stereocenters. The summed E-state index contributed by atoms with van der Waals surface area (Å²) in [5.74, 6) is 0.534. The van der Waals surface area contributed by atoms with Gasteiger partial charge in [-0.1, -0.05) is 38.1 Å². The van der Waals surface area contributed by atoms with Crippen molar-refractivity contribution in [3.63, 3.8) is 0 Å². The molecule has 0 aliphatic carbocycles. The third-order valence-corrected chi connectivity index (χ3v) is 2.88. The number of aromatic nitrogens is 2. The molecule has 0 radical (unpaired) electrons. The standard InChI is InChI=1S/C15H16N2O/c1-11(2)13-5-3-12(4-6-13)9-15(18)14-7-8-16-10-17-14/h3-8,10-11H,9H2,1-2H3. The normalized spacial score (nSPS) is 10.6. The minimum atomic E-state index is 0.0229. The third kappa shape index (κ3) is 3.00. The van der Waals surface area contributed by atoms with Crippen molar-refractivity contribution >= 4 is 5.78 Å². The molecule has 3 nitrogen and oxygen atoms in total. The predicted octanol–water partition coefficient (Wildman–Crippen LogP) is 3.03. The Labute approximate surface area is 107 Å². The second-order valence-electron chi connectivity index (χ2n) is 4.59. The maximum atomic E-state index is 11.9. The summed E-state index contributed by atoms with van der Waals surface area (Å²) in [4.78, 5) is 19.7. The molecule has 0 amide bonds. The molecule has 0 unspecified atom stereocenters. The summed E-state index contributed by atoms with van der Waals surface area (Å²) >= 11 is 0. The van der Waals surface area contributed by atoms with Gasteiger partial charge in [0.2, 0.25) is 0 Å². The Morgan fingerprint density at radius 3 is 2.44 bits per heavy atom. The van der Waals surface area contributed by atoms with Gasteiger partial charge < -0.3 is 0 Å². The first kappa shape index (κ1) is 12.4. The summed E-state index contributed by atoms with van der Waals surface area (Å²) in [6.45, 7) is 4.31. The Morgan fingerprint density at radius 1 is 1.17 bits per heavy atom. The summed E-state index contributed by atoms with van der Waals surface area (Å²) in [5.41, 5.74) is 2.77. The van der Waals surface area contributed by atoms with Crippen LogP contribution < -0.4 is 0 Å². The minimum absolute atomic E-state index is 0.0229. The molecule has 0 saturated carbocycles. The van der Waals surface area contributed by atoms with Crippen molar-refractivity contribution in [2.24, 2.45) is 0 Å². The first-order chi connectivity index (χ1) is 8.66. The van der Waals surface area contributed by atoms with Crippen LogP contribution in [0.5, 0.6) is 0 Å². The molecule has 1 heterocycles. The zero-order chi connectivity index (χ0) is 13.0. The monoisotopic (exact) mass is 240 g/mol. The van der Waals surface area contributed by atoms with E-state index in [2.05, 4.69) is 35.9 Å². The smallest absolute Gasteiger partial charge is 0.185 e. The van der Waals surface area contributed by atoms with Crippen LogP contribution in [0.3, 0.4) is 0 Å². The van der Waals surface area contributed by atoms with Gasteiger partial charge in [0.15, 0.2) is 5.78 Å². The topological polar surface area (TPSA) is 42.9 Å². The van der Waals surface area contributed by atoms with Crippen molar-refractivity contribution in [2.45, 2.75) is 26.2 Å². The lowest BCUT2D eigenvalue weighted by Crippen LogP contribution is -2.06. The van der Waals surface area contributed by atoms with Gasteiger partial charge in [0.05, 0.1) is 0 Å². The van der Waals surface area contributed by atoms with Crippen LogP contribution in [0, 0.1) is 0 Å².